The first-order valence-corrected chi connectivity index (χ1v) is 9.58. The Bertz CT molecular complexity index is 862. The topological polar surface area (TPSA) is 79.7 Å². The number of aromatic nitrogens is 2. The fourth-order valence-corrected chi connectivity index (χ4v) is 3.32. The molecule has 156 valence electrons. The summed E-state index contributed by atoms with van der Waals surface area (Å²) in [6, 6.07) is 6.33. The lowest BCUT2D eigenvalue weighted by atomic mass is 10.2. The van der Waals surface area contributed by atoms with E-state index in [1.807, 2.05) is 4.90 Å². The molecule has 2 aromatic rings. The van der Waals surface area contributed by atoms with E-state index in [1.54, 1.807) is 37.1 Å². The van der Waals surface area contributed by atoms with Crippen molar-refractivity contribution >= 4 is 11.8 Å². The van der Waals surface area contributed by atoms with E-state index < -0.39 is 5.82 Å². The van der Waals surface area contributed by atoms with Crippen LogP contribution in [0.3, 0.4) is 0 Å². The smallest absolute Gasteiger partial charge is 0.257 e. The van der Waals surface area contributed by atoms with Gasteiger partial charge in [-0.3, -0.25) is 14.5 Å². The fourth-order valence-electron chi connectivity index (χ4n) is 3.32. The summed E-state index contributed by atoms with van der Waals surface area (Å²) in [7, 11) is 1.59. The second kappa shape index (κ2) is 9.62. The third kappa shape index (κ3) is 4.99. The van der Waals surface area contributed by atoms with E-state index >= 15 is 0 Å². The number of halogens is 1. The molecule has 29 heavy (non-hydrogen) atoms. The Labute approximate surface area is 169 Å². The molecule has 0 radical (unpaired) electrons. The van der Waals surface area contributed by atoms with Crippen LogP contribution in [0.4, 0.5) is 4.39 Å². The van der Waals surface area contributed by atoms with E-state index in [4.69, 9.17) is 4.74 Å². The van der Waals surface area contributed by atoms with Gasteiger partial charge in [0.25, 0.3) is 5.91 Å². The highest BCUT2D eigenvalue weighted by Crippen LogP contribution is 2.19. The summed E-state index contributed by atoms with van der Waals surface area (Å²) in [6.45, 7) is 5.30. The van der Waals surface area contributed by atoms with Crippen LogP contribution in [0, 0.1) is 12.7 Å². The van der Waals surface area contributed by atoms with E-state index in [0.717, 1.165) is 0 Å². The molecule has 1 aromatic carbocycles. The zero-order chi connectivity index (χ0) is 20.8. The van der Waals surface area contributed by atoms with Crippen molar-refractivity contribution in [3.63, 3.8) is 0 Å². The molecular weight excluding hydrogens is 377 g/mol. The summed E-state index contributed by atoms with van der Waals surface area (Å²) >= 11 is 0. The summed E-state index contributed by atoms with van der Waals surface area (Å²) in [6.07, 6.45) is 1.49. The van der Waals surface area contributed by atoms with Crippen molar-refractivity contribution in [1.29, 1.82) is 0 Å². The standard InChI is InChI=1S/C20H26FN5O3/c1-15-16(13-23-26(15)18-6-4-3-5-17(18)21)20(28)25-10-8-24(9-11-25)14-19(27)22-7-12-29-2/h3-6,13H,7-12,14H2,1-2H3,(H,22,27). The maximum Gasteiger partial charge on any atom is 0.257 e. The van der Waals surface area contributed by atoms with E-state index in [9.17, 15) is 14.0 Å². The molecule has 1 N–H and O–H groups in total. The first kappa shape index (κ1) is 20.9. The highest BCUT2D eigenvalue weighted by atomic mass is 19.1. The number of nitrogens with one attached hydrogen (secondary N) is 1. The molecule has 0 bridgehead atoms. The minimum atomic E-state index is -0.393. The van der Waals surface area contributed by atoms with Crippen LogP contribution < -0.4 is 5.32 Å². The minimum Gasteiger partial charge on any atom is -0.383 e. The Morgan fingerprint density at radius 3 is 2.62 bits per heavy atom. The lowest BCUT2D eigenvalue weighted by Crippen LogP contribution is -2.51. The number of rotatable bonds is 7. The van der Waals surface area contributed by atoms with E-state index in [0.29, 0.717) is 62.8 Å². The van der Waals surface area contributed by atoms with Gasteiger partial charge in [-0.2, -0.15) is 5.10 Å². The summed E-state index contributed by atoms with van der Waals surface area (Å²) in [4.78, 5) is 28.6. The quantitative estimate of drug-likeness (QED) is 0.693. The van der Waals surface area contributed by atoms with Gasteiger partial charge in [0.1, 0.15) is 11.5 Å². The van der Waals surface area contributed by atoms with Crippen molar-refractivity contribution in [1.82, 2.24) is 24.9 Å². The number of nitrogens with zero attached hydrogens (tertiary/aromatic N) is 4. The summed E-state index contributed by atoms with van der Waals surface area (Å²) in [5.74, 6) is -0.576. The molecule has 0 unspecified atom stereocenters. The van der Waals surface area contributed by atoms with Gasteiger partial charge < -0.3 is 15.0 Å². The first-order valence-electron chi connectivity index (χ1n) is 9.58. The molecule has 2 amide bonds. The Morgan fingerprint density at radius 2 is 1.93 bits per heavy atom. The normalized spacial score (nSPS) is 14.8. The molecule has 3 rings (SSSR count). The molecule has 2 heterocycles. The van der Waals surface area contributed by atoms with Crippen LogP contribution in [-0.2, 0) is 9.53 Å². The molecule has 0 saturated carbocycles. The van der Waals surface area contributed by atoms with Gasteiger partial charge in [-0.1, -0.05) is 12.1 Å². The number of methoxy groups -OCH3 is 1. The zero-order valence-corrected chi connectivity index (χ0v) is 16.7. The largest absolute Gasteiger partial charge is 0.383 e. The number of para-hydroxylation sites is 1. The molecule has 0 spiro atoms. The van der Waals surface area contributed by atoms with Gasteiger partial charge in [0, 0.05) is 39.8 Å². The van der Waals surface area contributed by atoms with Crippen LogP contribution in [0.5, 0.6) is 0 Å². The highest BCUT2D eigenvalue weighted by molar-refractivity contribution is 5.95. The molecule has 1 saturated heterocycles. The van der Waals surface area contributed by atoms with Gasteiger partial charge in [0.15, 0.2) is 0 Å². The van der Waals surface area contributed by atoms with Gasteiger partial charge in [-0.15, -0.1) is 0 Å². The number of hydrogen-bond acceptors (Lipinski definition) is 5. The number of piperazine rings is 1. The van der Waals surface area contributed by atoms with Gasteiger partial charge in [-0.05, 0) is 19.1 Å². The van der Waals surface area contributed by atoms with Crippen LogP contribution in [0.15, 0.2) is 30.5 Å². The van der Waals surface area contributed by atoms with Gasteiger partial charge in [-0.25, -0.2) is 9.07 Å². The molecule has 1 fully saturated rings. The fraction of sp³-hybridized carbons (Fsp3) is 0.450. The van der Waals surface area contributed by atoms with Crippen molar-refractivity contribution in [2.45, 2.75) is 6.92 Å². The van der Waals surface area contributed by atoms with Crippen LogP contribution in [0.2, 0.25) is 0 Å². The Balaban J connectivity index is 1.58. The molecule has 1 aliphatic rings. The van der Waals surface area contributed by atoms with Crippen molar-refractivity contribution in [2.24, 2.45) is 0 Å². The molecule has 0 aliphatic carbocycles. The maximum atomic E-state index is 14.1. The SMILES string of the molecule is COCCNC(=O)CN1CCN(C(=O)c2cnn(-c3ccccc3F)c2C)CC1. The van der Waals surface area contributed by atoms with E-state index in [1.165, 1.54) is 16.9 Å². The molecule has 1 aliphatic heterocycles. The molecule has 8 nitrogen and oxygen atoms in total. The van der Waals surface area contributed by atoms with Gasteiger partial charge >= 0.3 is 0 Å². The third-order valence-electron chi connectivity index (χ3n) is 4.98. The van der Waals surface area contributed by atoms with Crippen molar-refractivity contribution in [3.8, 4) is 5.69 Å². The number of amides is 2. The van der Waals surface area contributed by atoms with Gasteiger partial charge in [0.2, 0.25) is 5.91 Å². The molecule has 0 atom stereocenters. The van der Waals surface area contributed by atoms with Crippen LogP contribution in [0.1, 0.15) is 16.1 Å². The summed E-state index contributed by atoms with van der Waals surface area (Å²) < 4.78 is 20.4. The highest BCUT2D eigenvalue weighted by Gasteiger charge is 2.26. The van der Waals surface area contributed by atoms with E-state index in [2.05, 4.69) is 10.4 Å². The second-order valence-corrected chi connectivity index (χ2v) is 6.92. The predicted molar refractivity (Wildman–Crippen MR) is 105 cm³/mol. The van der Waals surface area contributed by atoms with Crippen molar-refractivity contribution in [3.05, 3.63) is 47.5 Å². The number of ether oxygens (including phenoxy) is 1. The van der Waals surface area contributed by atoms with Crippen molar-refractivity contribution < 1.29 is 18.7 Å². The summed E-state index contributed by atoms with van der Waals surface area (Å²) in [5, 5.41) is 7.00. The summed E-state index contributed by atoms with van der Waals surface area (Å²) in [5.41, 5.74) is 1.37. The van der Waals surface area contributed by atoms with E-state index in [-0.39, 0.29) is 11.8 Å². The predicted octanol–water partition coefficient (Wildman–Crippen LogP) is 0.840. The lowest BCUT2D eigenvalue weighted by Gasteiger charge is -2.34. The number of carbonyl (C=O) groups is 2. The van der Waals surface area contributed by atoms with Crippen LogP contribution >= 0.6 is 0 Å². The number of benzene rings is 1. The first-order chi connectivity index (χ1) is 14.0. The monoisotopic (exact) mass is 403 g/mol. The van der Waals surface area contributed by atoms with Crippen molar-refractivity contribution in [2.75, 3.05) is 53.0 Å². The second-order valence-electron chi connectivity index (χ2n) is 6.92. The van der Waals surface area contributed by atoms with Gasteiger partial charge in [0.05, 0.1) is 30.6 Å². The maximum absolute atomic E-state index is 14.1. The number of hydrogen-bond donors (Lipinski definition) is 1. The van der Waals surface area contributed by atoms with Crippen LogP contribution in [0.25, 0.3) is 5.69 Å². The third-order valence-corrected chi connectivity index (χ3v) is 4.98. The van der Waals surface area contributed by atoms with Crippen LogP contribution in [-0.4, -0.2) is 84.4 Å². The minimum absolute atomic E-state index is 0.0520. The Kier molecular flexibility index (Phi) is 6.95. The average Bonchev–Trinajstić information content (AvgIpc) is 3.10. The molecule has 1 aromatic heterocycles. The number of carbonyl (C=O) groups excluding carboxylic acids is 2. The molecular formula is C20H26FN5O3. The Morgan fingerprint density at radius 1 is 1.21 bits per heavy atom. The zero-order valence-electron chi connectivity index (χ0n) is 16.7. The lowest BCUT2D eigenvalue weighted by molar-refractivity contribution is -0.122. The average molecular weight is 403 g/mol. The Hall–Kier alpha value is -2.78. The molecule has 9 heteroatoms.